The molecule has 1 unspecified atom stereocenters. The Morgan fingerprint density at radius 1 is 1.57 bits per heavy atom. The van der Waals surface area contributed by atoms with Crippen LogP contribution in [0.4, 0.5) is 5.00 Å². The van der Waals surface area contributed by atoms with Gasteiger partial charge in [0.25, 0.3) is 0 Å². The molecule has 2 aromatic heterocycles. The fourth-order valence-electron chi connectivity index (χ4n) is 1.63. The standard InChI is InChI=1S/C13H14BrN3O2S2/c1-17(10(18)5-7-21(2)19)13-11(14)16-12(20-13)9-4-3-6-15-8-9/h3-4,6,8H,5,7H2,1-2H3. The first-order chi connectivity index (χ1) is 9.99. The maximum Gasteiger partial charge on any atom is 0.232 e. The van der Waals surface area contributed by atoms with Gasteiger partial charge in [0.05, 0.1) is 12.7 Å². The van der Waals surface area contributed by atoms with Crippen molar-refractivity contribution in [3.05, 3.63) is 29.1 Å². The maximum atomic E-state index is 12.1. The molecule has 0 bridgehead atoms. The lowest BCUT2D eigenvalue weighted by Gasteiger charge is -2.15. The van der Waals surface area contributed by atoms with Crippen LogP contribution in [0.2, 0.25) is 0 Å². The molecule has 112 valence electrons. The van der Waals surface area contributed by atoms with Crippen LogP contribution in [0, 0.1) is 0 Å². The molecular weight excluding hydrogens is 374 g/mol. The number of hydrogen-bond acceptors (Lipinski definition) is 5. The predicted octanol–water partition coefficient (Wildman–Crippen LogP) is 2.70. The van der Waals surface area contributed by atoms with Crippen molar-refractivity contribution in [1.29, 1.82) is 0 Å². The number of aromatic nitrogens is 2. The molecule has 0 aliphatic carbocycles. The van der Waals surface area contributed by atoms with Crippen molar-refractivity contribution < 1.29 is 9.35 Å². The summed E-state index contributed by atoms with van der Waals surface area (Å²) >= 11 is 3.83. The highest BCUT2D eigenvalue weighted by molar-refractivity contribution is 9.10. The van der Waals surface area contributed by atoms with E-state index in [0.29, 0.717) is 10.4 Å². The summed E-state index contributed by atoms with van der Waals surface area (Å²) in [5.41, 5.74) is 0.907. The van der Waals surface area contributed by atoms with Crippen LogP contribution in [-0.4, -0.2) is 39.5 Å². The molecule has 8 heteroatoms. The quantitative estimate of drug-likeness (QED) is 0.739. The molecule has 2 aromatic rings. The number of thiazole rings is 1. The Balaban J connectivity index is 2.17. The molecule has 0 radical (unpaired) electrons. The highest BCUT2D eigenvalue weighted by Crippen LogP contribution is 2.37. The second kappa shape index (κ2) is 7.35. The molecule has 1 atom stereocenters. The molecule has 2 heterocycles. The van der Waals surface area contributed by atoms with E-state index in [1.807, 2.05) is 12.1 Å². The fraction of sp³-hybridized carbons (Fsp3) is 0.308. The Morgan fingerprint density at radius 3 is 2.95 bits per heavy atom. The van der Waals surface area contributed by atoms with E-state index in [4.69, 9.17) is 0 Å². The summed E-state index contributed by atoms with van der Waals surface area (Å²) in [6.45, 7) is 0. The molecular formula is C13H14BrN3O2S2. The Hall–Kier alpha value is -0.960. The predicted molar refractivity (Wildman–Crippen MR) is 90.0 cm³/mol. The van der Waals surface area contributed by atoms with Gasteiger partial charge in [0, 0.05) is 25.0 Å². The van der Waals surface area contributed by atoms with Crippen LogP contribution in [0.25, 0.3) is 10.6 Å². The zero-order chi connectivity index (χ0) is 15.4. The van der Waals surface area contributed by atoms with Gasteiger partial charge in [-0.2, -0.15) is 0 Å². The Morgan fingerprint density at radius 2 is 2.33 bits per heavy atom. The summed E-state index contributed by atoms with van der Waals surface area (Å²) in [5.74, 6) is 0.294. The van der Waals surface area contributed by atoms with Gasteiger partial charge in [0.2, 0.25) is 5.91 Å². The molecule has 1 amide bonds. The number of amides is 1. The maximum absolute atomic E-state index is 12.1. The molecule has 21 heavy (non-hydrogen) atoms. The minimum Gasteiger partial charge on any atom is -0.617 e. The third kappa shape index (κ3) is 4.26. The van der Waals surface area contributed by atoms with E-state index in [1.165, 1.54) is 11.3 Å². The monoisotopic (exact) mass is 387 g/mol. The van der Waals surface area contributed by atoms with Crippen LogP contribution in [-0.2, 0) is 16.0 Å². The van der Waals surface area contributed by atoms with Crippen LogP contribution in [0.1, 0.15) is 6.42 Å². The van der Waals surface area contributed by atoms with E-state index in [-0.39, 0.29) is 12.3 Å². The third-order valence-electron chi connectivity index (χ3n) is 2.76. The molecule has 0 aromatic carbocycles. The summed E-state index contributed by atoms with van der Waals surface area (Å²) in [4.78, 5) is 22.1. The molecule has 2 rings (SSSR count). The first-order valence-corrected chi connectivity index (χ1v) is 9.46. The number of anilines is 1. The van der Waals surface area contributed by atoms with Gasteiger partial charge in [0.1, 0.15) is 20.4 Å². The zero-order valence-corrected chi connectivity index (χ0v) is 14.8. The van der Waals surface area contributed by atoms with E-state index >= 15 is 0 Å². The minimum atomic E-state index is -0.969. The average Bonchev–Trinajstić information content (AvgIpc) is 2.86. The second-order valence-corrected chi connectivity index (χ2v) is 7.62. The van der Waals surface area contributed by atoms with E-state index in [0.717, 1.165) is 15.6 Å². The van der Waals surface area contributed by atoms with E-state index in [2.05, 4.69) is 25.9 Å². The Labute approximate surface area is 138 Å². The smallest absolute Gasteiger partial charge is 0.232 e. The third-order valence-corrected chi connectivity index (χ3v) is 5.54. The second-order valence-electron chi connectivity index (χ2n) is 4.34. The Kier molecular flexibility index (Phi) is 5.74. The minimum absolute atomic E-state index is 0.0766. The van der Waals surface area contributed by atoms with Crippen LogP contribution in [0.15, 0.2) is 29.1 Å². The van der Waals surface area contributed by atoms with Crippen LogP contribution in [0.5, 0.6) is 0 Å². The van der Waals surface area contributed by atoms with Crippen LogP contribution in [0.3, 0.4) is 0 Å². The molecule has 0 N–H and O–H groups in total. The first kappa shape index (κ1) is 16.4. The summed E-state index contributed by atoms with van der Waals surface area (Å²) in [6, 6.07) is 3.76. The molecule has 0 aliphatic rings. The highest BCUT2D eigenvalue weighted by Gasteiger charge is 2.20. The van der Waals surface area contributed by atoms with E-state index in [9.17, 15) is 9.35 Å². The SMILES string of the molecule is CN(C(=O)CC[S+](C)[O-])c1sc(-c2cccnc2)nc1Br. The summed E-state index contributed by atoms with van der Waals surface area (Å²) in [6.07, 6.45) is 5.28. The van der Waals surface area contributed by atoms with Crippen molar-refractivity contribution in [2.75, 3.05) is 24.0 Å². The highest BCUT2D eigenvalue weighted by atomic mass is 79.9. The molecule has 5 nitrogen and oxygen atoms in total. The van der Waals surface area contributed by atoms with Gasteiger partial charge in [0.15, 0.2) is 0 Å². The number of carbonyl (C=O) groups is 1. The zero-order valence-electron chi connectivity index (χ0n) is 11.6. The topological polar surface area (TPSA) is 69.2 Å². The van der Waals surface area contributed by atoms with Crippen molar-refractivity contribution in [3.8, 4) is 10.6 Å². The van der Waals surface area contributed by atoms with Crippen LogP contribution >= 0.6 is 27.3 Å². The van der Waals surface area contributed by atoms with Crippen LogP contribution < -0.4 is 4.90 Å². The molecule has 0 saturated carbocycles. The van der Waals surface area contributed by atoms with E-state index in [1.54, 1.807) is 30.6 Å². The lowest BCUT2D eigenvalue weighted by Crippen LogP contribution is -2.27. The fourth-order valence-corrected chi connectivity index (χ4v) is 3.82. The Bertz CT molecular complexity index is 619. The first-order valence-electron chi connectivity index (χ1n) is 6.12. The largest absolute Gasteiger partial charge is 0.617 e. The van der Waals surface area contributed by atoms with Crippen molar-refractivity contribution in [1.82, 2.24) is 9.97 Å². The molecule has 0 saturated heterocycles. The molecule has 0 spiro atoms. The lowest BCUT2D eigenvalue weighted by molar-refractivity contribution is -0.117. The summed E-state index contributed by atoms with van der Waals surface area (Å²) < 4.78 is 11.7. The lowest BCUT2D eigenvalue weighted by atomic mass is 10.3. The average molecular weight is 388 g/mol. The summed E-state index contributed by atoms with van der Waals surface area (Å²) in [7, 11) is 1.70. The van der Waals surface area contributed by atoms with Gasteiger partial charge >= 0.3 is 0 Å². The van der Waals surface area contributed by atoms with Gasteiger partial charge in [-0.3, -0.25) is 9.78 Å². The number of hydrogen-bond donors (Lipinski definition) is 0. The number of carbonyl (C=O) groups excluding carboxylic acids is 1. The van der Waals surface area contributed by atoms with Crippen molar-refractivity contribution in [2.24, 2.45) is 0 Å². The van der Waals surface area contributed by atoms with Crippen molar-refractivity contribution in [3.63, 3.8) is 0 Å². The van der Waals surface area contributed by atoms with Gasteiger partial charge in [-0.05, 0) is 28.1 Å². The summed E-state index contributed by atoms with van der Waals surface area (Å²) in [5, 5.41) is 1.53. The number of halogens is 1. The van der Waals surface area contributed by atoms with E-state index < -0.39 is 11.2 Å². The van der Waals surface area contributed by atoms with Gasteiger partial charge in [-0.25, -0.2) is 4.98 Å². The van der Waals surface area contributed by atoms with Gasteiger partial charge in [-0.15, -0.1) is 0 Å². The van der Waals surface area contributed by atoms with Crippen molar-refractivity contribution in [2.45, 2.75) is 6.42 Å². The van der Waals surface area contributed by atoms with Gasteiger partial charge in [-0.1, -0.05) is 22.5 Å². The molecule has 0 aliphatic heterocycles. The van der Waals surface area contributed by atoms with Gasteiger partial charge < -0.3 is 9.45 Å². The molecule has 0 fully saturated rings. The normalized spacial score (nSPS) is 12.2. The van der Waals surface area contributed by atoms with Crippen molar-refractivity contribution >= 4 is 49.4 Å². The number of rotatable bonds is 5. The number of pyridine rings is 1. The number of nitrogens with zero attached hydrogens (tertiary/aromatic N) is 3.